The van der Waals surface area contributed by atoms with Gasteiger partial charge in [0, 0.05) is 20.0 Å². The van der Waals surface area contributed by atoms with Crippen molar-refractivity contribution in [2.24, 2.45) is 0 Å². The molecule has 3 N–H and O–H groups in total. The van der Waals surface area contributed by atoms with Gasteiger partial charge in [-0.2, -0.15) is 0 Å². The lowest BCUT2D eigenvalue weighted by Gasteiger charge is -2.10. The average molecular weight is 161 g/mol. The number of aliphatic carboxylic acids is 1. The Morgan fingerprint density at radius 2 is 2.09 bits per heavy atom. The van der Waals surface area contributed by atoms with E-state index in [1.54, 1.807) is 0 Å². The molecule has 0 aliphatic carbocycles. The predicted octanol–water partition coefficient (Wildman–Crippen LogP) is -1.04. The number of nitrogens with one attached hydrogen (secondary N) is 1. The number of rotatable bonds is 4. The molecule has 0 bridgehead atoms. The van der Waals surface area contributed by atoms with E-state index in [-0.39, 0.29) is 13.0 Å². The van der Waals surface area contributed by atoms with Crippen LogP contribution in [-0.4, -0.2) is 34.7 Å². The van der Waals surface area contributed by atoms with E-state index in [4.69, 9.17) is 10.2 Å². The van der Waals surface area contributed by atoms with Crippen LogP contribution in [0.2, 0.25) is 0 Å². The van der Waals surface area contributed by atoms with Crippen molar-refractivity contribution in [2.75, 3.05) is 6.61 Å². The first kappa shape index (κ1) is 9.90. The number of aliphatic hydroxyl groups is 1. The Labute approximate surface area is 64.0 Å². The van der Waals surface area contributed by atoms with Crippen molar-refractivity contribution in [3.8, 4) is 0 Å². The summed E-state index contributed by atoms with van der Waals surface area (Å²) in [4.78, 5) is 20.7. The summed E-state index contributed by atoms with van der Waals surface area (Å²) in [5.41, 5.74) is 0. The maximum absolute atomic E-state index is 10.4. The molecule has 0 aliphatic rings. The fourth-order valence-corrected chi connectivity index (χ4v) is 0.632. The minimum Gasteiger partial charge on any atom is -0.480 e. The fourth-order valence-electron chi connectivity index (χ4n) is 0.632. The van der Waals surface area contributed by atoms with E-state index in [2.05, 4.69) is 5.32 Å². The quantitative estimate of drug-likeness (QED) is 0.491. The Kier molecular flexibility index (Phi) is 4.21. The van der Waals surface area contributed by atoms with Crippen LogP contribution >= 0.6 is 0 Å². The first-order valence-electron chi connectivity index (χ1n) is 3.18. The van der Waals surface area contributed by atoms with Crippen molar-refractivity contribution >= 4 is 11.9 Å². The molecule has 0 saturated heterocycles. The first-order chi connectivity index (χ1) is 5.07. The fraction of sp³-hybridized carbons (Fsp3) is 0.667. The van der Waals surface area contributed by atoms with Gasteiger partial charge in [-0.1, -0.05) is 0 Å². The van der Waals surface area contributed by atoms with Gasteiger partial charge in [0.2, 0.25) is 5.91 Å². The highest BCUT2D eigenvalue weighted by atomic mass is 16.4. The van der Waals surface area contributed by atoms with Gasteiger partial charge in [0.15, 0.2) is 0 Å². The largest absolute Gasteiger partial charge is 0.480 e. The lowest BCUT2D eigenvalue weighted by Crippen LogP contribution is -2.40. The summed E-state index contributed by atoms with van der Waals surface area (Å²) in [7, 11) is 0. The van der Waals surface area contributed by atoms with Gasteiger partial charge in [-0.25, -0.2) is 4.79 Å². The lowest BCUT2D eigenvalue weighted by molar-refractivity contribution is -0.142. The number of aliphatic hydroxyl groups excluding tert-OH is 1. The van der Waals surface area contributed by atoms with Gasteiger partial charge < -0.3 is 15.5 Å². The van der Waals surface area contributed by atoms with Crippen molar-refractivity contribution in [1.29, 1.82) is 0 Å². The van der Waals surface area contributed by atoms with Crippen LogP contribution in [0.3, 0.4) is 0 Å². The third-order valence-corrected chi connectivity index (χ3v) is 1.09. The maximum Gasteiger partial charge on any atom is 0.326 e. The number of carboxylic acid groups (broad SMARTS) is 1. The lowest BCUT2D eigenvalue weighted by atomic mass is 10.2. The van der Waals surface area contributed by atoms with Crippen LogP contribution in [0.4, 0.5) is 0 Å². The molecule has 0 unspecified atom stereocenters. The monoisotopic (exact) mass is 161 g/mol. The van der Waals surface area contributed by atoms with Crippen molar-refractivity contribution in [1.82, 2.24) is 5.32 Å². The Bertz CT molecular complexity index is 157. The Morgan fingerprint density at radius 3 is 2.36 bits per heavy atom. The summed E-state index contributed by atoms with van der Waals surface area (Å²) in [5.74, 6) is -1.54. The number of carbonyl (C=O) groups excluding carboxylic acids is 1. The van der Waals surface area contributed by atoms with E-state index in [1.165, 1.54) is 6.92 Å². The average Bonchev–Trinajstić information content (AvgIpc) is 1.86. The second-order valence-electron chi connectivity index (χ2n) is 2.10. The summed E-state index contributed by atoms with van der Waals surface area (Å²) in [5, 5.41) is 19.0. The zero-order valence-corrected chi connectivity index (χ0v) is 6.20. The Morgan fingerprint density at radius 1 is 1.55 bits per heavy atom. The van der Waals surface area contributed by atoms with E-state index < -0.39 is 17.9 Å². The molecule has 5 heteroatoms. The molecule has 1 amide bonds. The van der Waals surface area contributed by atoms with E-state index in [0.29, 0.717) is 0 Å². The third kappa shape index (κ3) is 4.32. The topological polar surface area (TPSA) is 86.6 Å². The molecular formula is C6H11NO4. The Hall–Kier alpha value is -1.10. The molecule has 5 nitrogen and oxygen atoms in total. The molecular weight excluding hydrogens is 150 g/mol. The maximum atomic E-state index is 10.4. The van der Waals surface area contributed by atoms with Gasteiger partial charge in [-0.05, 0) is 0 Å². The second kappa shape index (κ2) is 4.68. The summed E-state index contributed by atoms with van der Waals surface area (Å²) in [6.07, 6.45) is 0.0366. The number of carbonyl (C=O) groups is 2. The van der Waals surface area contributed by atoms with Crippen LogP contribution in [-0.2, 0) is 9.59 Å². The van der Waals surface area contributed by atoms with Gasteiger partial charge >= 0.3 is 5.97 Å². The zero-order chi connectivity index (χ0) is 8.85. The van der Waals surface area contributed by atoms with Gasteiger partial charge in [0.25, 0.3) is 0 Å². The highest BCUT2D eigenvalue weighted by Gasteiger charge is 2.16. The number of carboxylic acids is 1. The standard InChI is InChI=1S/C6H11NO4/c1-4(9)7-5(2-3-8)6(10)11/h5,8H,2-3H2,1H3,(H,7,9)(H,10,11)/t5-/m1/s1. The normalized spacial score (nSPS) is 12.2. The SMILES string of the molecule is CC(=O)N[C@H](CCO)C(=O)O. The molecule has 0 spiro atoms. The van der Waals surface area contributed by atoms with Crippen LogP contribution in [0, 0.1) is 0 Å². The van der Waals surface area contributed by atoms with Crippen molar-refractivity contribution in [2.45, 2.75) is 19.4 Å². The number of hydrogen-bond acceptors (Lipinski definition) is 3. The van der Waals surface area contributed by atoms with Crippen molar-refractivity contribution in [3.63, 3.8) is 0 Å². The molecule has 0 aromatic rings. The van der Waals surface area contributed by atoms with Gasteiger partial charge in [0.05, 0.1) is 0 Å². The minimum absolute atomic E-state index is 0.0366. The highest BCUT2D eigenvalue weighted by Crippen LogP contribution is 1.90. The second-order valence-corrected chi connectivity index (χ2v) is 2.10. The molecule has 0 aromatic heterocycles. The van der Waals surface area contributed by atoms with E-state index in [9.17, 15) is 9.59 Å². The van der Waals surface area contributed by atoms with Crippen LogP contribution < -0.4 is 5.32 Å². The van der Waals surface area contributed by atoms with Gasteiger partial charge in [-0.15, -0.1) is 0 Å². The third-order valence-electron chi connectivity index (χ3n) is 1.09. The van der Waals surface area contributed by atoms with Crippen LogP contribution in [0.15, 0.2) is 0 Å². The Balaban J connectivity index is 3.89. The van der Waals surface area contributed by atoms with Crippen LogP contribution in [0.1, 0.15) is 13.3 Å². The summed E-state index contributed by atoms with van der Waals surface area (Å²) >= 11 is 0. The molecule has 0 aliphatic heterocycles. The molecule has 0 fully saturated rings. The number of hydrogen-bond donors (Lipinski definition) is 3. The highest BCUT2D eigenvalue weighted by molar-refractivity contribution is 5.81. The van der Waals surface area contributed by atoms with Gasteiger partial charge in [0.1, 0.15) is 6.04 Å². The van der Waals surface area contributed by atoms with Crippen molar-refractivity contribution < 1.29 is 19.8 Å². The van der Waals surface area contributed by atoms with E-state index in [1.807, 2.05) is 0 Å². The van der Waals surface area contributed by atoms with Crippen molar-refractivity contribution in [3.05, 3.63) is 0 Å². The summed E-state index contributed by atoms with van der Waals surface area (Å²) in [6, 6.07) is -0.975. The van der Waals surface area contributed by atoms with Crippen LogP contribution in [0.5, 0.6) is 0 Å². The molecule has 0 aromatic carbocycles. The van der Waals surface area contributed by atoms with Gasteiger partial charge in [-0.3, -0.25) is 4.79 Å². The zero-order valence-electron chi connectivity index (χ0n) is 6.20. The van der Waals surface area contributed by atoms with Crippen LogP contribution in [0.25, 0.3) is 0 Å². The molecule has 0 heterocycles. The number of amides is 1. The molecule has 0 saturated carbocycles. The molecule has 0 rings (SSSR count). The van der Waals surface area contributed by atoms with E-state index in [0.717, 1.165) is 0 Å². The predicted molar refractivity (Wildman–Crippen MR) is 36.9 cm³/mol. The molecule has 0 radical (unpaired) electrons. The summed E-state index contributed by atoms with van der Waals surface area (Å²) < 4.78 is 0. The minimum atomic E-state index is -1.13. The smallest absolute Gasteiger partial charge is 0.326 e. The molecule has 1 atom stereocenters. The molecule has 64 valence electrons. The first-order valence-corrected chi connectivity index (χ1v) is 3.18. The summed E-state index contributed by atoms with van der Waals surface area (Å²) in [6.45, 7) is 0.977. The van der Waals surface area contributed by atoms with E-state index >= 15 is 0 Å². The molecule has 11 heavy (non-hydrogen) atoms.